The third-order valence-corrected chi connectivity index (χ3v) is 5.01. The molecule has 8 heteroatoms. The maximum atomic E-state index is 12.9. The SMILES string of the molecule is O=C(Nc1nc2ccccc2n1CCc1ccccn1)c1ccc(-n2cncn2)cc1. The van der Waals surface area contributed by atoms with Gasteiger partial charge < -0.3 is 4.57 Å². The van der Waals surface area contributed by atoms with E-state index in [2.05, 4.69) is 25.4 Å². The van der Waals surface area contributed by atoms with E-state index in [9.17, 15) is 4.79 Å². The molecule has 152 valence electrons. The topological polar surface area (TPSA) is 90.5 Å². The number of carbonyl (C=O) groups is 1. The predicted molar refractivity (Wildman–Crippen MR) is 117 cm³/mol. The van der Waals surface area contributed by atoms with Crippen LogP contribution in [0.25, 0.3) is 16.7 Å². The minimum Gasteiger partial charge on any atom is -0.310 e. The Kier molecular flexibility index (Phi) is 4.94. The van der Waals surface area contributed by atoms with E-state index >= 15 is 0 Å². The number of hydrogen-bond acceptors (Lipinski definition) is 5. The highest BCUT2D eigenvalue weighted by Crippen LogP contribution is 2.21. The minimum absolute atomic E-state index is 0.223. The fourth-order valence-corrected chi connectivity index (χ4v) is 3.45. The van der Waals surface area contributed by atoms with Gasteiger partial charge in [0.15, 0.2) is 0 Å². The second-order valence-corrected chi connectivity index (χ2v) is 6.99. The summed E-state index contributed by atoms with van der Waals surface area (Å²) in [5, 5.41) is 7.06. The molecule has 0 radical (unpaired) electrons. The Hall–Kier alpha value is -4.33. The molecule has 0 aliphatic rings. The lowest BCUT2D eigenvalue weighted by atomic mass is 10.2. The Morgan fingerprint density at radius 1 is 0.968 bits per heavy atom. The third kappa shape index (κ3) is 3.91. The van der Waals surface area contributed by atoms with Crippen LogP contribution in [0.1, 0.15) is 16.1 Å². The number of aromatic nitrogens is 6. The van der Waals surface area contributed by atoms with Crippen LogP contribution in [0, 0.1) is 0 Å². The average Bonchev–Trinajstić information content (AvgIpc) is 3.47. The summed E-state index contributed by atoms with van der Waals surface area (Å²) in [5.41, 5.74) is 4.15. The second-order valence-electron chi connectivity index (χ2n) is 6.99. The van der Waals surface area contributed by atoms with Gasteiger partial charge in [0.25, 0.3) is 5.91 Å². The highest BCUT2D eigenvalue weighted by Gasteiger charge is 2.15. The number of aryl methyl sites for hydroxylation is 2. The molecule has 0 unspecified atom stereocenters. The molecule has 1 N–H and O–H groups in total. The van der Waals surface area contributed by atoms with E-state index in [4.69, 9.17) is 0 Å². The Bertz CT molecular complexity index is 1310. The molecule has 0 fully saturated rings. The van der Waals surface area contributed by atoms with Crippen molar-refractivity contribution in [1.82, 2.24) is 29.3 Å². The highest BCUT2D eigenvalue weighted by molar-refractivity contribution is 6.04. The van der Waals surface area contributed by atoms with E-state index in [1.165, 1.54) is 6.33 Å². The molecule has 31 heavy (non-hydrogen) atoms. The number of nitrogens with zero attached hydrogens (tertiary/aromatic N) is 6. The summed E-state index contributed by atoms with van der Waals surface area (Å²) in [5.74, 6) is 0.294. The van der Waals surface area contributed by atoms with Crippen molar-refractivity contribution < 1.29 is 4.79 Å². The van der Waals surface area contributed by atoms with Gasteiger partial charge in [-0.2, -0.15) is 5.10 Å². The number of fused-ring (bicyclic) bond motifs is 1. The number of hydrogen-bond donors (Lipinski definition) is 1. The first-order chi connectivity index (χ1) is 15.3. The number of anilines is 1. The quantitative estimate of drug-likeness (QED) is 0.463. The van der Waals surface area contributed by atoms with E-state index in [1.807, 2.05) is 59.2 Å². The normalized spacial score (nSPS) is 11.0. The summed E-state index contributed by atoms with van der Waals surface area (Å²) >= 11 is 0. The van der Waals surface area contributed by atoms with Crippen LogP contribution in [0.4, 0.5) is 5.95 Å². The number of imidazole rings is 1. The lowest BCUT2D eigenvalue weighted by molar-refractivity contribution is 0.102. The first-order valence-electron chi connectivity index (χ1n) is 9.89. The van der Waals surface area contributed by atoms with Gasteiger partial charge in [-0.3, -0.25) is 15.1 Å². The second kappa shape index (κ2) is 8.19. The van der Waals surface area contributed by atoms with Gasteiger partial charge in [0.2, 0.25) is 5.95 Å². The molecule has 0 bridgehead atoms. The van der Waals surface area contributed by atoms with Crippen LogP contribution in [-0.4, -0.2) is 35.2 Å². The van der Waals surface area contributed by atoms with Crippen LogP contribution in [0.15, 0.2) is 85.6 Å². The predicted octanol–water partition coefficient (Wildman–Crippen LogP) is 3.51. The summed E-state index contributed by atoms with van der Waals surface area (Å²) in [4.78, 5) is 25.9. The van der Waals surface area contributed by atoms with E-state index in [0.717, 1.165) is 28.8 Å². The standard InChI is InChI=1S/C23H19N7O/c31-22(17-8-10-19(11-9-17)30-16-24-15-26-30)28-23-27-20-6-1-2-7-21(20)29(23)14-12-18-5-3-4-13-25-18/h1-11,13,15-16H,12,14H2,(H,27,28,31). The van der Waals surface area contributed by atoms with Crippen LogP contribution in [0.2, 0.25) is 0 Å². The lowest BCUT2D eigenvalue weighted by Gasteiger charge is -2.10. The van der Waals surface area contributed by atoms with E-state index in [1.54, 1.807) is 29.3 Å². The molecule has 0 spiro atoms. The molecular formula is C23H19N7O. The molecule has 0 atom stereocenters. The molecule has 1 amide bonds. The van der Waals surface area contributed by atoms with E-state index in [0.29, 0.717) is 18.1 Å². The maximum absolute atomic E-state index is 12.9. The number of pyridine rings is 1. The third-order valence-electron chi connectivity index (χ3n) is 5.01. The number of carbonyl (C=O) groups excluding carboxylic acids is 1. The summed E-state index contributed by atoms with van der Waals surface area (Å²) < 4.78 is 3.66. The number of rotatable bonds is 6. The molecular weight excluding hydrogens is 390 g/mol. The van der Waals surface area contributed by atoms with Crippen LogP contribution >= 0.6 is 0 Å². The van der Waals surface area contributed by atoms with Gasteiger partial charge in [-0.25, -0.2) is 14.6 Å². The van der Waals surface area contributed by atoms with Gasteiger partial charge in [-0.1, -0.05) is 18.2 Å². The van der Waals surface area contributed by atoms with Crippen LogP contribution in [-0.2, 0) is 13.0 Å². The van der Waals surface area contributed by atoms with Crippen molar-refractivity contribution >= 4 is 22.9 Å². The number of nitrogens with one attached hydrogen (secondary N) is 1. The first-order valence-corrected chi connectivity index (χ1v) is 9.89. The van der Waals surface area contributed by atoms with E-state index in [-0.39, 0.29) is 5.91 Å². The zero-order valence-corrected chi connectivity index (χ0v) is 16.6. The van der Waals surface area contributed by atoms with Crippen molar-refractivity contribution in [2.45, 2.75) is 13.0 Å². The van der Waals surface area contributed by atoms with Gasteiger partial charge in [-0.05, 0) is 48.5 Å². The molecule has 0 saturated heterocycles. The van der Waals surface area contributed by atoms with E-state index < -0.39 is 0 Å². The monoisotopic (exact) mass is 409 g/mol. The van der Waals surface area contributed by atoms with Crippen molar-refractivity contribution in [2.75, 3.05) is 5.32 Å². The molecule has 8 nitrogen and oxygen atoms in total. The van der Waals surface area contributed by atoms with Gasteiger partial charge in [-0.15, -0.1) is 0 Å². The van der Waals surface area contributed by atoms with Crippen molar-refractivity contribution in [3.05, 3.63) is 96.8 Å². The Morgan fingerprint density at radius 2 is 1.81 bits per heavy atom. The van der Waals surface area contributed by atoms with Crippen LogP contribution < -0.4 is 5.32 Å². The lowest BCUT2D eigenvalue weighted by Crippen LogP contribution is -2.17. The van der Waals surface area contributed by atoms with Gasteiger partial charge in [0, 0.05) is 30.4 Å². The molecule has 0 aliphatic heterocycles. The smallest absolute Gasteiger partial charge is 0.257 e. The van der Waals surface area contributed by atoms with Crippen LogP contribution in [0.3, 0.4) is 0 Å². The minimum atomic E-state index is -0.223. The van der Waals surface area contributed by atoms with Crippen molar-refractivity contribution in [3.8, 4) is 5.69 Å². The van der Waals surface area contributed by atoms with Crippen molar-refractivity contribution in [2.24, 2.45) is 0 Å². The number of para-hydroxylation sites is 2. The maximum Gasteiger partial charge on any atom is 0.257 e. The summed E-state index contributed by atoms with van der Waals surface area (Å²) in [7, 11) is 0. The summed E-state index contributed by atoms with van der Waals surface area (Å²) in [6.45, 7) is 0.651. The fraction of sp³-hybridized carbons (Fsp3) is 0.0870. The van der Waals surface area contributed by atoms with Gasteiger partial charge in [0.1, 0.15) is 12.7 Å². The highest BCUT2D eigenvalue weighted by atomic mass is 16.1. The molecule has 5 rings (SSSR count). The zero-order chi connectivity index (χ0) is 21.0. The molecule has 3 aromatic heterocycles. The average molecular weight is 409 g/mol. The Morgan fingerprint density at radius 3 is 2.58 bits per heavy atom. The summed E-state index contributed by atoms with van der Waals surface area (Å²) in [6, 6.07) is 20.9. The number of benzene rings is 2. The van der Waals surface area contributed by atoms with Crippen molar-refractivity contribution in [1.29, 1.82) is 0 Å². The number of amides is 1. The largest absolute Gasteiger partial charge is 0.310 e. The fourth-order valence-electron chi connectivity index (χ4n) is 3.45. The zero-order valence-electron chi connectivity index (χ0n) is 16.6. The Balaban J connectivity index is 1.39. The molecule has 0 saturated carbocycles. The summed E-state index contributed by atoms with van der Waals surface area (Å²) in [6.07, 6.45) is 5.60. The molecule has 3 heterocycles. The van der Waals surface area contributed by atoms with Crippen LogP contribution in [0.5, 0.6) is 0 Å². The Labute approximate surface area is 178 Å². The molecule has 2 aromatic carbocycles. The first kappa shape index (κ1) is 18.7. The van der Waals surface area contributed by atoms with Gasteiger partial charge >= 0.3 is 0 Å². The molecule has 5 aromatic rings. The molecule has 0 aliphatic carbocycles. The van der Waals surface area contributed by atoms with Gasteiger partial charge in [0.05, 0.1) is 16.7 Å². The van der Waals surface area contributed by atoms with Crippen molar-refractivity contribution in [3.63, 3.8) is 0 Å².